The van der Waals surface area contributed by atoms with Gasteiger partial charge >= 0.3 is 0 Å². The molecule has 1 N–H and O–H groups in total. The number of halogens is 1. The van der Waals surface area contributed by atoms with Crippen molar-refractivity contribution < 1.29 is 9.21 Å². The number of benzene rings is 1. The van der Waals surface area contributed by atoms with Gasteiger partial charge in [0.05, 0.1) is 0 Å². The summed E-state index contributed by atoms with van der Waals surface area (Å²) in [5.41, 5.74) is 0.356. The van der Waals surface area contributed by atoms with Gasteiger partial charge in [-0.25, -0.2) is 0 Å². The normalized spacial score (nSPS) is 23.7. The second-order valence-electron chi connectivity index (χ2n) is 5.11. The molecule has 1 fully saturated rings. The Kier molecular flexibility index (Phi) is 2.68. The predicted octanol–water partition coefficient (Wildman–Crippen LogP) is 3.27. The van der Waals surface area contributed by atoms with Gasteiger partial charge < -0.3 is 9.73 Å². The summed E-state index contributed by atoms with van der Waals surface area (Å²) in [5.74, 6) is 0.498. The summed E-state index contributed by atoms with van der Waals surface area (Å²) in [6.07, 6.45) is 0.851. The average molecular weight is 264 g/mol. The van der Waals surface area contributed by atoms with Crippen LogP contribution in [0.3, 0.4) is 0 Å². The predicted molar refractivity (Wildman–Crippen MR) is 71.1 cm³/mol. The molecule has 1 aliphatic heterocycles. The molecule has 94 valence electrons. The van der Waals surface area contributed by atoms with Crippen LogP contribution in [0.4, 0.5) is 0 Å². The third-order valence-corrected chi connectivity index (χ3v) is 3.85. The maximum atomic E-state index is 12.5. The Morgan fingerprint density at radius 3 is 3.00 bits per heavy atom. The first-order valence-electron chi connectivity index (χ1n) is 6.03. The van der Waals surface area contributed by atoms with Crippen LogP contribution in [0.1, 0.15) is 23.9 Å². The van der Waals surface area contributed by atoms with Crippen LogP contribution in [0.2, 0.25) is 5.02 Å². The van der Waals surface area contributed by atoms with Crippen LogP contribution in [0.15, 0.2) is 28.7 Å². The highest BCUT2D eigenvalue weighted by molar-refractivity contribution is 6.31. The minimum Gasteiger partial charge on any atom is -0.453 e. The van der Waals surface area contributed by atoms with Gasteiger partial charge in [-0.1, -0.05) is 18.5 Å². The molecular weight excluding hydrogens is 250 g/mol. The van der Waals surface area contributed by atoms with E-state index in [0.717, 1.165) is 18.4 Å². The van der Waals surface area contributed by atoms with E-state index in [9.17, 15) is 4.79 Å². The lowest BCUT2D eigenvalue weighted by molar-refractivity contribution is 0.0811. The Hall–Kier alpha value is -1.32. The van der Waals surface area contributed by atoms with Crippen molar-refractivity contribution in [1.82, 2.24) is 5.32 Å². The molecule has 0 spiro atoms. The molecule has 1 saturated heterocycles. The fourth-order valence-corrected chi connectivity index (χ4v) is 2.61. The summed E-state index contributed by atoms with van der Waals surface area (Å²) in [7, 11) is 0. The van der Waals surface area contributed by atoms with Gasteiger partial charge in [-0.05, 0) is 37.2 Å². The number of furan rings is 1. The lowest BCUT2D eigenvalue weighted by Gasteiger charge is -2.18. The molecule has 0 amide bonds. The number of ketones is 1. The highest BCUT2D eigenvalue weighted by Crippen LogP contribution is 2.32. The largest absolute Gasteiger partial charge is 0.453 e. The van der Waals surface area contributed by atoms with Crippen LogP contribution in [-0.2, 0) is 0 Å². The van der Waals surface area contributed by atoms with E-state index in [1.165, 1.54) is 0 Å². The summed E-state index contributed by atoms with van der Waals surface area (Å²) in [6, 6.07) is 7.16. The smallest absolute Gasteiger partial charge is 0.205 e. The average Bonchev–Trinajstić information content (AvgIpc) is 2.94. The van der Waals surface area contributed by atoms with E-state index in [4.69, 9.17) is 16.0 Å². The lowest BCUT2D eigenvalue weighted by Crippen LogP contribution is -2.29. The fourth-order valence-electron chi connectivity index (χ4n) is 2.43. The molecule has 1 aromatic carbocycles. The van der Waals surface area contributed by atoms with Gasteiger partial charge in [0.25, 0.3) is 0 Å². The first-order chi connectivity index (χ1) is 8.58. The Morgan fingerprint density at radius 1 is 1.44 bits per heavy atom. The van der Waals surface area contributed by atoms with Crippen LogP contribution in [0.5, 0.6) is 0 Å². The molecule has 0 radical (unpaired) electrons. The van der Waals surface area contributed by atoms with Crippen molar-refractivity contribution >= 4 is 28.4 Å². The van der Waals surface area contributed by atoms with E-state index in [0.29, 0.717) is 22.9 Å². The van der Waals surface area contributed by atoms with Crippen molar-refractivity contribution in [2.45, 2.75) is 13.3 Å². The Labute approximate surface area is 110 Å². The van der Waals surface area contributed by atoms with Crippen molar-refractivity contribution in [2.24, 2.45) is 5.41 Å². The quantitative estimate of drug-likeness (QED) is 0.846. The minimum atomic E-state index is -0.350. The SMILES string of the molecule is CC1(C(=O)c2cc3cc(Cl)ccc3o2)CCNC1. The third kappa shape index (κ3) is 1.84. The number of Topliss-reactive ketones (excluding diaryl/α,β-unsaturated/α-hetero) is 1. The molecule has 4 heteroatoms. The maximum absolute atomic E-state index is 12.5. The summed E-state index contributed by atoms with van der Waals surface area (Å²) < 4.78 is 5.63. The molecule has 18 heavy (non-hydrogen) atoms. The Bertz CT molecular complexity index is 611. The van der Waals surface area contributed by atoms with Crippen molar-refractivity contribution in [2.75, 3.05) is 13.1 Å². The topological polar surface area (TPSA) is 42.2 Å². The van der Waals surface area contributed by atoms with Crippen molar-refractivity contribution in [3.63, 3.8) is 0 Å². The van der Waals surface area contributed by atoms with Gasteiger partial charge in [0.15, 0.2) is 5.76 Å². The first kappa shape index (κ1) is 11.8. The van der Waals surface area contributed by atoms with E-state index in [1.54, 1.807) is 18.2 Å². The van der Waals surface area contributed by atoms with Crippen LogP contribution in [0.25, 0.3) is 11.0 Å². The van der Waals surface area contributed by atoms with Crippen LogP contribution in [0, 0.1) is 5.41 Å². The number of rotatable bonds is 2. The Morgan fingerprint density at radius 2 is 2.28 bits per heavy atom. The zero-order valence-corrected chi connectivity index (χ0v) is 10.9. The summed E-state index contributed by atoms with van der Waals surface area (Å²) in [5, 5.41) is 4.75. The van der Waals surface area contributed by atoms with Gasteiger partial charge in [0, 0.05) is 22.4 Å². The Balaban J connectivity index is 2.01. The molecule has 2 heterocycles. The second-order valence-corrected chi connectivity index (χ2v) is 5.55. The molecule has 1 atom stereocenters. The van der Waals surface area contributed by atoms with E-state index in [-0.39, 0.29) is 11.2 Å². The highest BCUT2D eigenvalue weighted by Gasteiger charge is 2.38. The van der Waals surface area contributed by atoms with E-state index in [1.807, 2.05) is 13.0 Å². The van der Waals surface area contributed by atoms with Gasteiger partial charge in [-0.3, -0.25) is 4.79 Å². The standard InChI is InChI=1S/C14H14ClNO2/c1-14(4-5-16-8-14)13(17)12-7-9-6-10(15)2-3-11(9)18-12/h2-3,6-7,16H,4-5,8H2,1H3. The summed E-state index contributed by atoms with van der Waals surface area (Å²) >= 11 is 5.93. The van der Waals surface area contributed by atoms with Crippen LogP contribution >= 0.6 is 11.6 Å². The number of nitrogens with one attached hydrogen (secondary N) is 1. The number of carbonyl (C=O) groups is 1. The van der Waals surface area contributed by atoms with Crippen molar-refractivity contribution in [3.05, 3.63) is 35.0 Å². The third-order valence-electron chi connectivity index (χ3n) is 3.62. The molecule has 3 nitrogen and oxygen atoms in total. The van der Waals surface area contributed by atoms with Gasteiger partial charge in [-0.15, -0.1) is 0 Å². The molecule has 0 bridgehead atoms. The lowest BCUT2D eigenvalue weighted by atomic mass is 9.84. The monoisotopic (exact) mass is 263 g/mol. The number of carbonyl (C=O) groups excluding carboxylic acids is 1. The molecule has 1 unspecified atom stereocenters. The fraction of sp³-hybridized carbons (Fsp3) is 0.357. The van der Waals surface area contributed by atoms with Gasteiger partial charge in [0.2, 0.25) is 5.78 Å². The maximum Gasteiger partial charge on any atom is 0.205 e. The second kappa shape index (κ2) is 4.11. The molecule has 2 aromatic rings. The molecule has 1 aliphatic rings. The van der Waals surface area contributed by atoms with E-state index >= 15 is 0 Å². The van der Waals surface area contributed by atoms with Crippen molar-refractivity contribution in [3.8, 4) is 0 Å². The number of hydrogen-bond acceptors (Lipinski definition) is 3. The zero-order valence-electron chi connectivity index (χ0n) is 10.1. The molecule has 3 rings (SSSR count). The van der Waals surface area contributed by atoms with Crippen LogP contribution < -0.4 is 5.32 Å². The van der Waals surface area contributed by atoms with E-state index < -0.39 is 0 Å². The van der Waals surface area contributed by atoms with E-state index in [2.05, 4.69) is 5.32 Å². The molecule has 0 aliphatic carbocycles. The van der Waals surface area contributed by atoms with Crippen molar-refractivity contribution in [1.29, 1.82) is 0 Å². The summed E-state index contributed by atoms with van der Waals surface area (Å²) in [4.78, 5) is 12.5. The van der Waals surface area contributed by atoms with Crippen LogP contribution in [-0.4, -0.2) is 18.9 Å². The summed E-state index contributed by atoms with van der Waals surface area (Å²) in [6.45, 7) is 3.58. The number of fused-ring (bicyclic) bond motifs is 1. The molecule has 1 aromatic heterocycles. The van der Waals surface area contributed by atoms with Gasteiger partial charge in [-0.2, -0.15) is 0 Å². The number of hydrogen-bond donors (Lipinski definition) is 1. The molecular formula is C14H14ClNO2. The molecule has 0 saturated carbocycles. The zero-order chi connectivity index (χ0) is 12.8. The highest BCUT2D eigenvalue weighted by atomic mass is 35.5. The first-order valence-corrected chi connectivity index (χ1v) is 6.41. The minimum absolute atomic E-state index is 0.0693. The van der Waals surface area contributed by atoms with Gasteiger partial charge in [0.1, 0.15) is 5.58 Å².